The van der Waals surface area contributed by atoms with Gasteiger partial charge in [-0.05, 0) is 48.6 Å². The minimum Gasteiger partial charge on any atom is -0.373 e. The van der Waals surface area contributed by atoms with Crippen LogP contribution in [0.25, 0.3) is 10.1 Å². The van der Waals surface area contributed by atoms with Gasteiger partial charge in [-0.15, -0.1) is 11.3 Å². The second-order valence-corrected chi connectivity index (χ2v) is 8.17. The van der Waals surface area contributed by atoms with E-state index in [1.807, 2.05) is 24.1 Å². The highest BCUT2D eigenvalue weighted by molar-refractivity contribution is 7.17. The average molecular weight is 419 g/mol. The lowest BCUT2D eigenvalue weighted by molar-refractivity contribution is -0.136. The summed E-state index contributed by atoms with van der Waals surface area (Å²) in [6, 6.07) is 7.05. The number of pyridine rings is 1. The van der Waals surface area contributed by atoms with Gasteiger partial charge in [-0.25, -0.2) is 0 Å². The number of carbonyl (C=O) groups is 1. The monoisotopic (exact) mass is 419 g/mol. The third kappa shape index (κ3) is 4.07. The molecular weight excluding hydrogens is 399 g/mol. The van der Waals surface area contributed by atoms with Gasteiger partial charge in [-0.3, -0.25) is 9.78 Å². The van der Waals surface area contributed by atoms with Crippen LogP contribution in [0.15, 0.2) is 42.0 Å². The first-order valence-corrected chi connectivity index (χ1v) is 10.2. The lowest BCUT2D eigenvalue weighted by Gasteiger charge is -2.25. The maximum absolute atomic E-state index is 13.2. The molecule has 1 amide bonds. The predicted molar refractivity (Wildman–Crippen MR) is 110 cm³/mol. The molecule has 4 rings (SSSR count). The number of hydrogen-bond donors (Lipinski definition) is 0. The van der Waals surface area contributed by atoms with Crippen molar-refractivity contribution < 1.29 is 18.0 Å². The minimum absolute atomic E-state index is 0.211. The SMILES string of the molecule is CN(CCN(C=O)c1cnccc1C1CC1)c1ccc2scc(C(F)(F)F)c2c1. The van der Waals surface area contributed by atoms with Gasteiger partial charge in [0.2, 0.25) is 6.41 Å². The number of thiophene rings is 1. The van der Waals surface area contributed by atoms with Crippen molar-refractivity contribution in [2.24, 2.45) is 0 Å². The molecule has 0 N–H and O–H groups in total. The van der Waals surface area contributed by atoms with Crippen LogP contribution in [-0.2, 0) is 11.0 Å². The van der Waals surface area contributed by atoms with Crippen molar-refractivity contribution in [1.82, 2.24) is 4.98 Å². The molecule has 0 radical (unpaired) electrons. The van der Waals surface area contributed by atoms with E-state index in [1.165, 1.54) is 0 Å². The Kier molecular flexibility index (Phi) is 5.21. The van der Waals surface area contributed by atoms with Crippen molar-refractivity contribution >= 4 is 39.2 Å². The topological polar surface area (TPSA) is 36.4 Å². The maximum Gasteiger partial charge on any atom is 0.417 e. The Morgan fingerprint density at radius 3 is 2.72 bits per heavy atom. The molecule has 1 aromatic carbocycles. The second-order valence-electron chi connectivity index (χ2n) is 7.26. The number of amides is 1. The van der Waals surface area contributed by atoms with Crippen LogP contribution >= 0.6 is 11.3 Å². The van der Waals surface area contributed by atoms with Crippen LogP contribution in [0.3, 0.4) is 0 Å². The number of nitrogens with zero attached hydrogens (tertiary/aromatic N) is 3. The summed E-state index contributed by atoms with van der Waals surface area (Å²) in [4.78, 5) is 19.3. The number of fused-ring (bicyclic) bond motifs is 1. The van der Waals surface area contributed by atoms with Gasteiger partial charge in [0.25, 0.3) is 0 Å². The molecule has 0 atom stereocenters. The number of alkyl halides is 3. The van der Waals surface area contributed by atoms with Crippen LogP contribution in [0.5, 0.6) is 0 Å². The number of halogens is 3. The van der Waals surface area contributed by atoms with Gasteiger partial charge in [-0.2, -0.15) is 13.2 Å². The summed E-state index contributed by atoms with van der Waals surface area (Å²) in [6.07, 6.45) is 2.09. The van der Waals surface area contributed by atoms with Crippen molar-refractivity contribution in [3.8, 4) is 0 Å². The Morgan fingerprint density at radius 2 is 2.03 bits per heavy atom. The Hall–Kier alpha value is -2.61. The van der Waals surface area contributed by atoms with Crippen LogP contribution < -0.4 is 9.80 Å². The van der Waals surface area contributed by atoms with E-state index in [-0.39, 0.29) is 5.39 Å². The summed E-state index contributed by atoms with van der Waals surface area (Å²) in [7, 11) is 1.81. The van der Waals surface area contributed by atoms with E-state index in [0.29, 0.717) is 29.4 Å². The number of hydrogen-bond acceptors (Lipinski definition) is 4. The number of benzene rings is 1. The molecule has 1 saturated carbocycles. The van der Waals surface area contributed by atoms with Gasteiger partial charge in [0.1, 0.15) is 0 Å². The first-order chi connectivity index (χ1) is 13.9. The fraction of sp³-hybridized carbons (Fsp3) is 0.333. The van der Waals surface area contributed by atoms with Gasteiger partial charge in [0.05, 0.1) is 17.4 Å². The fourth-order valence-electron chi connectivity index (χ4n) is 3.47. The van der Waals surface area contributed by atoms with E-state index in [4.69, 9.17) is 0 Å². The highest BCUT2D eigenvalue weighted by Gasteiger charge is 2.33. The average Bonchev–Trinajstić information content (AvgIpc) is 3.45. The molecule has 2 aromatic heterocycles. The Balaban J connectivity index is 1.52. The van der Waals surface area contributed by atoms with E-state index >= 15 is 0 Å². The molecule has 1 aliphatic carbocycles. The van der Waals surface area contributed by atoms with E-state index < -0.39 is 11.7 Å². The quantitative estimate of drug-likeness (QED) is 0.488. The van der Waals surface area contributed by atoms with E-state index in [1.54, 1.807) is 29.4 Å². The third-order valence-corrected chi connectivity index (χ3v) is 6.23. The fourth-order valence-corrected chi connectivity index (χ4v) is 4.42. The first-order valence-electron chi connectivity index (χ1n) is 9.34. The number of likely N-dealkylation sites (N-methyl/N-ethyl adjacent to an activating group) is 1. The summed E-state index contributed by atoms with van der Waals surface area (Å²) in [5.74, 6) is 0.481. The number of carbonyl (C=O) groups excluding carboxylic acids is 1. The summed E-state index contributed by atoms with van der Waals surface area (Å²) < 4.78 is 40.3. The van der Waals surface area contributed by atoms with Gasteiger partial charge < -0.3 is 9.80 Å². The summed E-state index contributed by atoms with van der Waals surface area (Å²) >= 11 is 1.09. The molecule has 0 aliphatic heterocycles. The zero-order chi connectivity index (χ0) is 20.6. The van der Waals surface area contributed by atoms with Crippen LogP contribution in [0.2, 0.25) is 0 Å². The largest absolute Gasteiger partial charge is 0.417 e. The first kappa shape index (κ1) is 19.7. The third-order valence-electron chi connectivity index (χ3n) is 5.27. The van der Waals surface area contributed by atoms with Crippen LogP contribution in [-0.4, -0.2) is 31.5 Å². The minimum atomic E-state index is -4.37. The van der Waals surface area contributed by atoms with Crippen molar-refractivity contribution in [1.29, 1.82) is 0 Å². The van der Waals surface area contributed by atoms with Gasteiger partial charge in [0.15, 0.2) is 0 Å². The highest BCUT2D eigenvalue weighted by Crippen LogP contribution is 2.44. The van der Waals surface area contributed by atoms with E-state index in [0.717, 1.165) is 47.2 Å². The highest BCUT2D eigenvalue weighted by atomic mass is 32.1. The number of aromatic nitrogens is 1. The summed E-state index contributed by atoms with van der Waals surface area (Å²) in [6.45, 7) is 0.897. The molecule has 0 spiro atoms. The molecular formula is C21H20F3N3OS. The molecule has 3 aromatic rings. The Bertz CT molecular complexity index is 1030. The molecule has 0 unspecified atom stereocenters. The number of anilines is 2. The van der Waals surface area contributed by atoms with Crippen molar-refractivity contribution in [3.63, 3.8) is 0 Å². The summed E-state index contributed by atoms with van der Waals surface area (Å²) in [5.41, 5.74) is 2.02. The molecule has 1 aliphatic rings. The van der Waals surface area contributed by atoms with Gasteiger partial charge >= 0.3 is 6.18 Å². The second kappa shape index (κ2) is 7.67. The lowest BCUT2D eigenvalue weighted by Crippen LogP contribution is -2.33. The maximum atomic E-state index is 13.2. The molecule has 152 valence electrons. The zero-order valence-electron chi connectivity index (χ0n) is 15.8. The molecule has 29 heavy (non-hydrogen) atoms. The summed E-state index contributed by atoms with van der Waals surface area (Å²) in [5, 5.41) is 1.37. The Labute approximate surface area is 170 Å². The molecule has 0 bridgehead atoms. The standard InChI is InChI=1S/C21H20F3N3OS/c1-26(15-4-5-20-17(10-15)18(12-29-20)21(22,23)24)8-9-27(13-28)19-11-25-7-6-16(19)14-2-3-14/h4-7,10-14H,2-3,8-9H2,1H3. The normalized spacial score (nSPS) is 14.2. The molecule has 0 saturated heterocycles. The van der Waals surface area contributed by atoms with Crippen LogP contribution in [0, 0.1) is 0 Å². The van der Waals surface area contributed by atoms with Gasteiger partial charge in [-0.1, -0.05) is 0 Å². The van der Waals surface area contributed by atoms with Crippen LogP contribution in [0.1, 0.15) is 29.9 Å². The van der Waals surface area contributed by atoms with Crippen molar-refractivity contribution in [2.75, 3.05) is 29.9 Å². The molecule has 8 heteroatoms. The van der Waals surface area contributed by atoms with Crippen molar-refractivity contribution in [3.05, 3.63) is 53.2 Å². The molecule has 2 heterocycles. The van der Waals surface area contributed by atoms with E-state index in [9.17, 15) is 18.0 Å². The zero-order valence-corrected chi connectivity index (χ0v) is 16.6. The Morgan fingerprint density at radius 1 is 1.24 bits per heavy atom. The molecule has 4 nitrogen and oxygen atoms in total. The smallest absolute Gasteiger partial charge is 0.373 e. The number of rotatable bonds is 7. The predicted octanol–water partition coefficient (Wildman–Crippen LogP) is 5.29. The van der Waals surface area contributed by atoms with E-state index in [2.05, 4.69) is 4.98 Å². The van der Waals surface area contributed by atoms with Crippen molar-refractivity contribution in [2.45, 2.75) is 24.9 Å². The van der Waals surface area contributed by atoms with Gasteiger partial charge in [0, 0.05) is 47.5 Å². The van der Waals surface area contributed by atoms with Crippen LogP contribution in [0.4, 0.5) is 24.5 Å². The molecule has 1 fully saturated rings. The lowest BCUT2D eigenvalue weighted by atomic mass is 10.1.